The fourth-order valence-electron chi connectivity index (χ4n) is 1.98. The van der Waals surface area contributed by atoms with Gasteiger partial charge in [0, 0.05) is 11.8 Å². The summed E-state index contributed by atoms with van der Waals surface area (Å²) in [5.41, 5.74) is 0.928. The molecule has 3 nitrogen and oxygen atoms in total. The molecule has 0 unspecified atom stereocenters. The Balaban J connectivity index is 2.10. The number of fused-ring (bicyclic) bond motifs is 1. The zero-order valence-electron chi connectivity index (χ0n) is 10.6. The molecule has 0 bridgehead atoms. The van der Waals surface area contributed by atoms with E-state index in [9.17, 15) is 0 Å². The molecule has 3 aromatic rings. The number of nitrogens with zero attached hydrogens (tertiary/aromatic N) is 2. The molecule has 5 heteroatoms. The molecule has 0 spiro atoms. The van der Waals surface area contributed by atoms with Crippen LogP contribution in [0.2, 0.25) is 5.15 Å². The van der Waals surface area contributed by atoms with Gasteiger partial charge >= 0.3 is 0 Å². The van der Waals surface area contributed by atoms with Gasteiger partial charge in [-0.2, -0.15) is 0 Å². The summed E-state index contributed by atoms with van der Waals surface area (Å²) in [6, 6.07) is 12.0. The zero-order chi connectivity index (χ0) is 14.1. The molecule has 0 N–H and O–H groups in total. The predicted molar refractivity (Wildman–Crippen MR) is 84.2 cm³/mol. The van der Waals surface area contributed by atoms with Gasteiger partial charge in [-0.05, 0) is 44.9 Å². The maximum absolute atomic E-state index is 6.01. The van der Waals surface area contributed by atoms with Gasteiger partial charge in [0.25, 0.3) is 0 Å². The molecule has 100 valence electrons. The minimum atomic E-state index is 0.407. The molecule has 3 rings (SSSR count). The molecule has 0 saturated heterocycles. The molecule has 0 aliphatic rings. The smallest absolute Gasteiger partial charge is 0.160 e. The summed E-state index contributed by atoms with van der Waals surface area (Å²) in [5.74, 6) is 1.45. The second-order valence-electron chi connectivity index (χ2n) is 4.26. The highest BCUT2D eigenvalue weighted by atomic mass is 79.9. The minimum Gasteiger partial charge on any atom is -0.497 e. The Kier molecular flexibility index (Phi) is 3.59. The second kappa shape index (κ2) is 5.38. The molecule has 0 atom stereocenters. The molecule has 0 fully saturated rings. The van der Waals surface area contributed by atoms with Gasteiger partial charge in [0.05, 0.1) is 11.6 Å². The van der Waals surface area contributed by atoms with E-state index in [4.69, 9.17) is 16.3 Å². The number of halogens is 2. The van der Waals surface area contributed by atoms with E-state index in [1.165, 1.54) is 0 Å². The lowest BCUT2D eigenvalue weighted by Crippen LogP contribution is -1.90. The van der Waals surface area contributed by atoms with Crippen molar-refractivity contribution < 1.29 is 4.74 Å². The first-order valence-corrected chi connectivity index (χ1v) is 7.11. The fraction of sp³-hybridized carbons (Fsp3) is 0.0667. The second-order valence-corrected chi connectivity index (χ2v) is 5.47. The monoisotopic (exact) mass is 348 g/mol. The molecule has 2 aromatic carbocycles. The third kappa shape index (κ3) is 2.49. The van der Waals surface area contributed by atoms with Crippen molar-refractivity contribution in [3.8, 4) is 17.1 Å². The number of ether oxygens (including phenoxy) is 1. The van der Waals surface area contributed by atoms with Gasteiger partial charge in [0.2, 0.25) is 0 Å². The summed E-state index contributed by atoms with van der Waals surface area (Å²) in [4.78, 5) is 8.55. The molecule has 0 saturated carbocycles. The maximum atomic E-state index is 6.01. The van der Waals surface area contributed by atoms with Crippen molar-refractivity contribution in [2.45, 2.75) is 0 Å². The van der Waals surface area contributed by atoms with Gasteiger partial charge in [0.15, 0.2) is 5.82 Å². The van der Waals surface area contributed by atoms with Crippen LogP contribution in [0.25, 0.3) is 22.2 Å². The molecule has 0 aliphatic carbocycles. The summed E-state index contributed by atoms with van der Waals surface area (Å²) in [6.07, 6.45) is 1.66. The van der Waals surface area contributed by atoms with Crippen molar-refractivity contribution >= 4 is 38.3 Å². The normalized spacial score (nSPS) is 10.8. The maximum Gasteiger partial charge on any atom is 0.160 e. The fourth-order valence-corrected chi connectivity index (χ4v) is 2.30. The van der Waals surface area contributed by atoms with E-state index in [1.54, 1.807) is 13.3 Å². The van der Waals surface area contributed by atoms with E-state index in [0.717, 1.165) is 22.1 Å². The van der Waals surface area contributed by atoms with E-state index in [1.807, 2.05) is 36.4 Å². The molecule has 0 radical (unpaired) electrons. The van der Waals surface area contributed by atoms with Crippen LogP contribution in [-0.2, 0) is 0 Å². The van der Waals surface area contributed by atoms with Crippen LogP contribution in [0, 0.1) is 0 Å². The molecular formula is C15H10BrClN2O. The van der Waals surface area contributed by atoms with E-state index >= 15 is 0 Å². The van der Waals surface area contributed by atoms with Gasteiger partial charge in [-0.1, -0.05) is 29.8 Å². The van der Waals surface area contributed by atoms with Crippen LogP contribution in [0.4, 0.5) is 0 Å². The van der Waals surface area contributed by atoms with Gasteiger partial charge < -0.3 is 4.74 Å². The Hall–Kier alpha value is -1.65. The molecule has 1 aromatic heterocycles. The highest BCUT2D eigenvalue weighted by Gasteiger charge is 2.06. The lowest BCUT2D eigenvalue weighted by molar-refractivity contribution is 0.415. The topological polar surface area (TPSA) is 35.0 Å². The van der Waals surface area contributed by atoms with Gasteiger partial charge in [-0.25, -0.2) is 9.97 Å². The molecule has 0 amide bonds. The standard InChI is InChI=1S/C15H10BrClN2O/c1-20-12-5-4-9-6-11(3-2-10(9)7-12)15-18-8-13(16)14(17)19-15/h2-8H,1H3. The SMILES string of the molecule is COc1ccc2cc(-c3ncc(Br)c(Cl)n3)ccc2c1. The Morgan fingerprint density at radius 3 is 2.60 bits per heavy atom. The van der Waals surface area contributed by atoms with E-state index in [-0.39, 0.29) is 0 Å². The van der Waals surface area contributed by atoms with Crippen molar-refractivity contribution in [3.63, 3.8) is 0 Å². The number of hydrogen-bond acceptors (Lipinski definition) is 3. The van der Waals surface area contributed by atoms with E-state index < -0.39 is 0 Å². The van der Waals surface area contributed by atoms with Crippen LogP contribution in [-0.4, -0.2) is 17.1 Å². The molecule has 20 heavy (non-hydrogen) atoms. The Morgan fingerprint density at radius 1 is 1.10 bits per heavy atom. The lowest BCUT2D eigenvalue weighted by Gasteiger charge is -2.05. The van der Waals surface area contributed by atoms with Crippen molar-refractivity contribution in [2.24, 2.45) is 0 Å². The number of hydrogen-bond donors (Lipinski definition) is 0. The van der Waals surface area contributed by atoms with Crippen molar-refractivity contribution in [2.75, 3.05) is 7.11 Å². The Morgan fingerprint density at radius 2 is 1.85 bits per heavy atom. The molecular weight excluding hydrogens is 340 g/mol. The third-order valence-electron chi connectivity index (χ3n) is 3.01. The number of methoxy groups -OCH3 is 1. The van der Waals surface area contributed by atoms with E-state index in [0.29, 0.717) is 15.5 Å². The summed E-state index contributed by atoms with van der Waals surface area (Å²) >= 11 is 9.29. The average Bonchev–Trinajstić information content (AvgIpc) is 2.49. The Labute approximate surface area is 129 Å². The lowest BCUT2D eigenvalue weighted by atomic mass is 10.1. The summed E-state index contributed by atoms with van der Waals surface area (Å²) < 4.78 is 5.91. The number of benzene rings is 2. The van der Waals surface area contributed by atoms with E-state index in [2.05, 4.69) is 25.9 Å². The van der Waals surface area contributed by atoms with Gasteiger partial charge in [-0.3, -0.25) is 0 Å². The molecule has 0 aliphatic heterocycles. The highest BCUT2D eigenvalue weighted by molar-refractivity contribution is 9.10. The van der Waals surface area contributed by atoms with Crippen LogP contribution in [0.5, 0.6) is 5.75 Å². The molecule has 1 heterocycles. The van der Waals surface area contributed by atoms with Crippen molar-refractivity contribution in [1.29, 1.82) is 0 Å². The number of rotatable bonds is 2. The predicted octanol–water partition coefficient (Wildman–Crippen LogP) is 4.72. The first kappa shape index (κ1) is 13.3. The third-order valence-corrected chi connectivity index (χ3v) is 4.10. The first-order chi connectivity index (χ1) is 9.67. The largest absolute Gasteiger partial charge is 0.497 e. The highest BCUT2D eigenvalue weighted by Crippen LogP contribution is 2.27. The Bertz CT molecular complexity index is 792. The summed E-state index contributed by atoms with van der Waals surface area (Å²) in [6.45, 7) is 0. The summed E-state index contributed by atoms with van der Waals surface area (Å²) in [5, 5.41) is 2.62. The van der Waals surface area contributed by atoms with Gasteiger partial charge in [-0.15, -0.1) is 0 Å². The van der Waals surface area contributed by atoms with Crippen LogP contribution >= 0.6 is 27.5 Å². The first-order valence-electron chi connectivity index (χ1n) is 5.93. The van der Waals surface area contributed by atoms with Crippen molar-refractivity contribution in [1.82, 2.24) is 9.97 Å². The van der Waals surface area contributed by atoms with Gasteiger partial charge in [0.1, 0.15) is 10.9 Å². The van der Waals surface area contributed by atoms with Crippen LogP contribution in [0.1, 0.15) is 0 Å². The zero-order valence-corrected chi connectivity index (χ0v) is 12.9. The number of aromatic nitrogens is 2. The van der Waals surface area contributed by atoms with Crippen LogP contribution in [0.15, 0.2) is 47.1 Å². The quantitative estimate of drug-likeness (QED) is 0.628. The summed E-state index contributed by atoms with van der Waals surface area (Å²) in [7, 11) is 1.66. The minimum absolute atomic E-state index is 0.407. The van der Waals surface area contributed by atoms with Crippen LogP contribution < -0.4 is 4.74 Å². The average molecular weight is 350 g/mol. The van der Waals surface area contributed by atoms with Crippen molar-refractivity contribution in [3.05, 3.63) is 52.2 Å². The van der Waals surface area contributed by atoms with Crippen LogP contribution in [0.3, 0.4) is 0 Å².